The van der Waals surface area contributed by atoms with Crippen molar-refractivity contribution in [2.24, 2.45) is 17.8 Å². The zero-order chi connectivity index (χ0) is 37.4. The van der Waals surface area contributed by atoms with Crippen molar-refractivity contribution >= 4 is 30.7 Å². The number of nitrogens with zero attached hydrogens (tertiary/aromatic N) is 1. The van der Waals surface area contributed by atoms with Gasteiger partial charge >= 0.3 is 19.5 Å². The molecule has 3 aliphatic rings. The highest BCUT2D eigenvalue weighted by molar-refractivity contribution is 6.43. The summed E-state index contributed by atoms with van der Waals surface area (Å²) in [6, 6.07) is 16.3. The van der Waals surface area contributed by atoms with Crippen LogP contribution in [0.4, 0.5) is 32.0 Å². The summed E-state index contributed by atoms with van der Waals surface area (Å²) in [7, 11) is -1.36. The van der Waals surface area contributed by atoms with Gasteiger partial charge in [0.2, 0.25) is 11.8 Å². The van der Waals surface area contributed by atoms with Crippen LogP contribution in [0.2, 0.25) is 6.32 Å². The number of fused-ring (bicyclic) bond motifs is 3. The molecule has 3 aromatic rings. The molecule has 0 aromatic heterocycles. The minimum Gasteiger partial charge on any atom is -0.508 e. The Hall–Kier alpha value is -4.56. The molecule has 7 nitrogen and oxygen atoms in total. The first-order valence-corrected chi connectivity index (χ1v) is 17.0. The van der Waals surface area contributed by atoms with E-state index in [2.05, 4.69) is 0 Å². The number of hydrogen-bond donors (Lipinski definition) is 2. The lowest BCUT2D eigenvalue weighted by molar-refractivity contribution is -0.143. The molecule has 6 rings (SSSR count). The number of imide groups is 1. The Bertz CT molecular complexity index is 1850. The van der Waals surface area contributed by atoms with Crippen molar-refractivity contribution in [2.45, 2.75) is 63.8 Å². The predicted octanol–water partition coefficient (Wildman–Crippen LogP) is 8.47. The third-order valence-corrected chi connectivity index (χ3v) is 9.83. The number of ether oxygens (including phenoxy) is 1. The number of carbonyl (C=O) groups excluding carboxylic acids is 2. The van der Waals surface area contributed by atoms with Crippen molar-refractivity contribution in [3.8, 4) is 11.5 Å². The van der Waals surface area contributed by atoms with E-state index in [4.69, 9.17) is 9.39 Å². The molecule has 2 fully saturated rings. The first kappa shape index (κ1) is 37.2. The summed E-state index contributed by atoms with van der Waals surface area (Å²) in [4.78, 5) is 28.6. The Morgan fingerprint density at radius 3 is 2.25 bits per heavy atom. The van der Waals surface area contributed by atoms with Crippen LogP contribution in [-0.4, -0.2) is 41.8 Å². The zero-order valence-electron chi connectivity index (χ0n) is 28.1. The second-order valence-electron chi connectivity index (χ2n) is 13.4. The molecule has 4 atom stereocenters. The number of amides is 2. The number of para-hydroxylation sites is 1. The van der Waals surface area contributed by atoms with E-state index in [-0.39, 0.29) is 31.2 Å². The Kier molecular flexibility index (Phi) is 10.6. The number of phenolic OH excluding ortho intramolecular Hbond substituents is 1. The highest BCUT2D eigenvalue weighted by atomic mass is 19.4. The number of anilines is 1. The molecule has 14 heteroatoms. The SMILES string of the molecule is CCC/C(=C\c1cccc(O)c1)CC[C@H]1OB(O)C[C@H]2C1=C(COc1ccccc1)C[C@H]1C(=O)N(c3cc(C(F)(F)F)cc(C(F)(F)F)c3)C(=O)[C@H]12. The number of aromatic hydroxyl groups is 1. The minimum absolute atomic E-state index is 0.0285. The Balaban J connectivity index is 1.37. The highest BCUT2D eigenvalue weighted by Crippen LogP contribution is 2.52. The maximum absolute atomic E-state index is 14.1. The van der Waals surface area contributed by atoms with E-state index in [9.17, 15) is 46.1 Å². The van der Waals surface area contributed by atoms with Crippen molar-refractivity contribution in [3.05, 3.63) is 106 Å². The van der Waals surface area contributed by atoms with Crippen LogP contribution >= 0.6 is 0 Å². The molecule has 3 aromatic carbocycles. The van der Waals surface area contributed by atoms with Gasteiger partial charge in [0.05, 0.1) is 34.8 Å². The molecule has 1 aliphatic carbocycles. The van der Waals surface area contributed by atoms with Gasteiger partial charge in [-0.2, -0.15) is 26.3 Å². The van der Waals surface area contributed by atoms with Gasteiger partial charge in [-0.15, -0.1) is 0 Å². The van der Waals surface area contributed by atoms with Gasteiger partial charge < -0.3 is 19.5 Å². The van der Waals surface area contributed by atoms with Crippen LogP contribution in [0.5, 0.6) is 11.5 Å². The van der Waals surface area contributed by atoms with Crippen molar-refractivity contribution in [1.82, 2.24) is 0 Å². The van der Waals surface area contributed by atoms with Gasteiger partial charge in [-0.1, -0.05) is 55.3 Å². The number of benzene rings is 3. The molecule has 274 valence electrons. The van der Waals surface area contributed by atoms with Gasteiger partial charge in [0, 0.05) is 0 Å². The first-order valence-electron chi connectivity index (χ1n) is 17.0. The van der Waals surface area contributed by atoms with E-state index in [0.717, 1.165) is 24.0 Å². The maximum Gasteiger partial charge on any atom is 0.455 e. The monoisotopic (exact) mass is 727 g/mol. The van der Waals surface area contributed by atoms with Gasteiger partial charge in [0.15, 0.2) is 0 Å². The fourth-order valence-electron chi connectivity index (χ4n) is 7.66. The average molecular weight is 728 g/mol. The smallest absolute Gasteiger partial charge is 0.455 e. The predicted molar refractivity (Wildman–Crippen MR) is 181 cm³/mol. The molecule has 2 aliphatic heterocycles. The van der Waals surface area contributed by atoms with Crippen LogP contribution in [0.3, 0.4) is 0 Å². The lowest BCUT2D eigenvalue weighted by Gasteiger charge is -2.43. The maximum atomic E-state index is 14.1. The number of allylic oxidation sites excluding steroid dienone is 1. The first-order chi connectivity index (χ1) is 24.6. The topological polar surface area (TPSA) is 96.3 Å². The number of alkyl halides is 6. The van der Waals surface area contributed by atoms with Gasteiger partial charge in [-0.3, -0.25) is 9.59 Å². The summed E-state index contributed by atoms with van der Waals surface area (Å²) >= 11 is 0. The van der Waals surface area contributed by atoms with Crippen molar-refractivity contribution in [1.29, 1.82) is 0 Å². The molecule has 0 unspecified atom stereocenters. The van der Waals surface area contributed by atoms with E-state index in [1.54, 1.807) is 48.5 Å². The van der Waals surface area contributed by atoms with Crippen LogP contribution in [0.1, 0.15) is 55.7 Å². The molecule has 2 heterocycles. The molecule has 0 saturated carbocycles. The molecule has 0 bridgehead atoms. The summed E-state index contributed by atoms with van der Waals surface area (Å²) in [5, 5.41) is 20.9. The van der Waals surface area contributed by atoms with E-state index in [1.165, 1.54) is 0 Å². The zero-order valence-corrected chi connectivity index (χ0v) is 28.1. The van der Waals surface area contributed by atoms with Gasteiger partial charge in [0.1, 0.15) is 18.1 Å². The van der Waals surface area contributed by atoms with Crippen molar-refractivity contribution < 1.29 is 55.5 Å². The number of carbonyl (C=O) groups is 2. The fraction of sp³-hybridized carbons (Fsp3) is 0.368. The van der Waals surface area contributed by atoms with Gasteiger partial charge in [-0.25, -0.2) is 4.90 Å². The Morgan fingerprint density at radius 2 is 1.62 bits per heavy atom. The standard InChI is InChI=1S/C38H36BF6NO6/c1-2-7-22(14-23-8-6-9-28(47)15-23)12-13-32-33-24(21-51-29-10-4-3-5-11-29)16-30-34(31(33)20-39(50)52-32)36(49)46(35(30)48)27-18-25(37(40,41)42)17-26(19-27)38(43,44)45/h3-6,8-11,14-15,17-19,30-32,34,47,50H,2,7,12-13,16,20-21H2,1H3/b22-14+/t30-,31+,32-,34-/m1/s1. The molecule has 2 N–H and O–H groups in total. The summed E-state index contributed by atoms with van der Waals surface area (Å²) in [5.74, 6) is -4.31. The lowest BCUT2D eigenvalue weighted by Crippen LogP contribution is -2.46. The third kappa shape index (κ3) is 7.92. The largest absolute Gasteiger partial charge is 0.508 e. The van der Waals surface area contributed by atoms with E-state index in [1.807, 2.05) is 19.1 Å². The summed E-state index contributed by atoms with van der Waals surface area (Å²) < 4.78 is 94.8. The number of phenols is 1. The molecule has 0 spiro atoms. The Labute approximate surface area is 296 Å². The average Bonchev–Trinajstić information content (AvgIpc) is 3.34. The molecular formula is C38H36BF6NO6. The molecule has 0 radical (unpaired) electrons. The number of rotatable bonds is 10. The second-order valence-corrected chi connectivity index (χ2v) is 13.4. The Morgan fingerprint density at radius 1 is 0.923 bits per heavy atom. The molecule has 2 amide bonds. The lowest BCUT2D eigenvalue weighted by atomic mass is 9.58. The second kappa shape index (κ2) is 14.8. The molecular weight excluding hydrogens is 691 g/mol. The van der Waals surface area contributed by atoms with Crippen LogP contribution in [0.25, 0.3) is 6.08 Å². The van der Waals surface area contributed by atoms with E-state index < -0.39 is 72.0 Å². The van der Waals surface area contributed by atoms with Gasteiger partial charge in [0.25, 0.3) is 0 Å². The fourth-order valence-corrected chi connectivity index (χ4v) is 7.66. The van der Waals surface area contributed by atoms with E-state index in [0.29, 0.717) is 46.8 Å². The summed E-state index contributed by atoms with van der Waals surface area (Å²) in [6.07, 6.45) is -6.91. The quantitative estimate of drug-likeness (QED) is 0.0942. The minimum atomic E-state index is -5.19. The van der Waals surface area contributed by atoms with Crippen molar-refractivity contribution in [3.63, 3.8) is 0 Å². The van der Waals surface area contributed by atoms with Crippen LogP contribution in [0.15, 0.2) is 89.5 Å². The van der Waals surface area contributed by atoms with E-state index >= 15 is 0 Å². The van der Waals surface area contributed by atoms with Crippen LogP contribution < -0.4 is 9.64 Å². The molecule has 52 heavy (non-hydrogen) atoms. The van der Waals surface area contributed by atoms with Crippen molar-refractivity contribution in [2.75, 3.05) is 11.5 Å². The van der Waals surface area contributed by atoms with Crippen LogP contribution in [0, 0.1) is 17.8 Å². The van der Waals surface area contributed by atoms with Crippen LogP contribution in [-0.2, 0) is 26.6 Å². The highest BCUT2D eigenvalue weighted by Gasteiger charge is 2.58. The number of hydrogen-bond acceptors (Lipinski definition) is 6. The molecule has 2 saturated heterocycles. The third-order valence-electron chi connectivity index (χ3n) is 9.83. The van der Waals surface area contributed by atoms with Gasteiger partial charge in [-0.05, 0) is 97.1 Å². The number of halogens is 6. The summed E-state index contributed by atoms with van der Waals surface area (Å²) in [6.45, 7) is 1.99. The summed E-state index contributed by atoms with van der Waals surface area (Å²) in [5.41, 5.74) is -1.03. The normalized spacial score (nSPS) is 22.5.